The van der Waals surface area contributed by atoms with Crippen molar-refractivity contribution in [2.75, 3.05) is 13.1 Å². The molecule has 0 aromatic heterocycles. The van der Waals surface area contributed by atoms with Crippen LogP contribution >= 0.6 is 0 Å². The molecule has 10 atom stereocenters. The lowest BCUT2D eigenvalue weighted by Gasteiger charge is -2.73. The average Bonchev–Trinajstić information content (AvgIpc) is 3.54. The minimum Gasteiger partial charge on any atom is -0.481 e. The van der Waals surface area contributed by atoms with Crippen LogP contribution in [0.4, 0.5) is 0 Å². The average molecular weight is 753 g/mol. The lowest BCUT2D eigenvalue weighted by molar-refractivity contribution is -0.250. The number of carbonyl (C=O) groups is 3. The summed E-state index contributed by atoms with van der Waals surface area (Å²) in [6, 6.07) is 12.9. The number of benzene rings is 1. The number of allylic oxidation sites excluding steroid dienone is 1. The van der Waals surface area contributed by atoms with E-state index in [0.717, 1.165) is 69.8 Å². The molecule has 55 heavy (non-hydrogen) atoms. The predicted molar refractivity (Wildman–Crippen MR) is 214 cm³/mol. The highest BCUT2D eigenvalue weighted by atomic mass is 16.5. The monoisotopic (exact) mass is 753 g/mol. The zero-order valence-corrected chi connectivity index (χ0v) is 35.1. The van der Waals surface area contributed by atoms with Crippen molar-refractivity contribution in [3.05, 3.63) is 48.0 Å². The van der Waals surface area contributed by atoms with Crippen molar-refractivity contribution in [3.63, 3.8) is 0 Å². The Morgan fingerprint density at radius 3 is 2.16 bits per heavy atom. The van der Waals surface area contributed by atoms with E-state index in [0.29, 0.717) is 55.5 Å². The Bertz CT molecular complexity index is 1750. The SMILES string of the molecule is C=C(C)[C@@H]1CC[C@]2(C(=O)N3CCC(C#N)(c4ccccc4)CC3)CC[C@]3(C)[C@H](CC[C@@H]4[C@@]5(C)CC[C@H](OC(=O)CC(C)(C)C(=O)O)C(C)(C)[C@@H]5CC[C@]43C)[C@@H]12. The molecule has 6 fully saturated rings. The molecule has 5 aliphatic carbocycles. The van der Waals surface area contributed by atoms with E-state index in [1.165, 1.54) is 5.57 Å². The van der Waals surface area contributed by atoms with E-state index in [-0.39, 0.29) is 45.5 Å². The highest BCUT2D eigenvalue weighted by Gasteiger charge is 2.72. The van der Waals surface area contributed by atoms with Crippen molar-refractivity contribution in [1.82, 2.24) is 4.90 Å². The Kier molecular flexibility index (Phi) is 9.82. The molecular weight excluding hydrogens is 685 g/mol. The van der Waals surface area contributed by atoms with Crippen LogP contribution < -0.4 is 0 Å². The first kappa shape index (κ1) is 40.1. The summed E-state index contributed by atoms with van der Waals surface area (Å²) in [6.07, 6.45) is 11.3. The number of fused-ring (bicyclic) bond motifs is 7. The number of hydrogen-bond acceptors (Lipinski definition) is 5. The first-order chi connectivity index (χ1) is 25.7. The maximum Gasteiger partial charge on any atom is 0.309 e. The van der Waals surface area contributed by atoms with Gasteiger partial charge in [0.05, 0.1) is 28.7 Å². The second-order valence-electron chi connectivity index (χ2n) is 21.4. The fraction of sp³-hybridized carbons (Fsp3) is 0.750. The summed E-state index contributed by atoms with van der Waals surface area (Å²) in [6.45, 7) is 23.6. The third-order valence-corrected chi connectivity index (χ3v) is 18.3. The third-order valence-electron chi connectivity index (χ3n) is 18.3. The Hall–Kier alpha value is -3.14. The number of hydrogen-bond donors (Lipinski definition) is 1. The van der Waals surface area contributed by atoms with Gasteiger partial charge in [-0.2, -0.15) is 5.26 Å². The molecule has 1 aromatic rings. The second kappa shape index (κ2) is 13.5. The number of ether oxygens (including phenoxy) is 1. The number of nitrogens with zero attached hydrogens (tertiary/aromatic N) is 2. The number of likely N-dealkylation sites (tertiary alicyclic amines) is 1. The van der Waals surface area contributed by atoms with Crippen LogP contribution in [0.3, 0.4) is 0 Å². The van der Waals surface area contributed by atoms with Gasteiger partial charge in [-0.15, -0.1) is 0 Å². The fourth-order valence-electron chi connectivity index (χ4n) is 15.0. The molecular formula is C48H68N2O5. The van der Waals surface area contributed by atoms with Crippen molar-refractivity contribution in [2.45, 2.75) is 150 Å². The number of aliphatic carboxylic acids is 1. The molecule has 1 aromatic carbocycles. The van der Waals surface area contributed by atoms with Gasteiger partial charge in [0, 0.05) is 18.5 Å². The van der Waals surface area contributed by atoms with Gasteiger partial charge in [0.15, 0.2) is 0 Å². The molecule has 0 unspecified atom stereocenters. The standard InChI is InChI=1S/C48H68N2O5/c1-31(2)33-17-22-48(40(52)50-27-25-47(30-49,26-28-50)32-13-11-10-12-14-32)24-23-45(8)34(39(33)48)15-16-36-44(7)20-19-37(55-38(51)29-42(3,4)41(53)54)43(5,6)35(44)18-21-46(36,45)9/h10-14,33-37,39H,1,15-29H2,2-9H3,(H,53,54)/t33-,34+,35-,36+,37-,39+,44-,45+,46+,48-/m0/s1. The summed E-state index contributed by atoms with van der Waals surface area (Å²) in [4.78, 5) is 42.3. The lowest BCUT2D eigenvalue weighted by Crippen LogP contribution is -2.67. The number of piperidine rings is 1. The van der Waals surface area contributed by atoms with E-state index in [9.17, 15) is 20.0 Å². The maximum absolute atomic E-state index is 15.2. The zero-order valence-electron chi connectivity index (χ0n) is 35.1. The molecule has 1 saturated heterocycles. The predicted octanol–water partition coefficient (Wildman–Crippen LogP) is 10.1. The Morgan fingerprint density at radius 2 is 1.55 bits per heavy atom. The largest absolute Gasteiger partial charge is 0.481 e. The highest BCUT2D eigenvalue weighted by molar-refractivity contribution is 5.84. The lowest BCUT2D eigenvalue weighted by atomic mass is 9.32. The van der Waals surface area contributed by atoms with Crippen molar-refractivity contribution < 1.29 is 24.2 Å². The van der Waals surface area contributed by atoms with Crippen LogP contribution in [0.1, 0.15) is 144 Å². The fourth-order valence-corrected chi connectivity index (χ4v) is 15.0. The number of rotatable bonds is 7. The van der Waals surface area contributed by atoms with Gasteiger partial charge in [0.1, 0.15) is 6.10 Å². The summed E-state index contributed by atoms with van der Waals surface area (Å²) in [5.41, 5.74) is 0.340. The summed E-state index contributed by atoms with van der Waals surface area (Å²) >= 11 is 0. The van der Waals surface area contributed by atoms with Gasteiger partial charge in [0.2, 0.25) is 5.91 Å². The molecule has 7 heteroatoms. The Morgan fingerprint density at radius 1 is 0.873 bits per heavy atom. The van der Waals surface area contributed by atoms with Gasteiger partial charge >= 0.3 is 11.9 Å². The molecule has 300 valence electrons. The summed E-state index contributed by atoms with van der Waals surface area (Å²) in [7, 11) is 0. The molecule has 1 aliphatic heterocycles. The van der Waals surface area contributed by atoms with E-state index in [1.807, 2.05) is 18.2 Å². The van der Waals surface area contributed by atoms with Crippen molar-refractivity contribution >= 4 is 17.8 Å². The van der Waals surface area contributed by atoms with E-state index >= 15 is 4.79 Å². The van der Waals surface area contributed by atoms with Gasteiger partial charge in [-0.1, -0.05) is 77.1 Å². The number of carbonyl (C=O) groups excluding carboxylic acids is 2. The van der Waals surface area contributed by atoms with Gasteiger partial charge in [-0.05, 0) is 149 Å². The summed E-state index contributed by atoms with van der Waals surface area (Å²) in [5.74, 6) is 0.987. The minimum atomic E-state index is -1.16. The van der Waals surface area contributed by atoms with Crippen LogP contribution in [0, 0.1) is 73.4 Å². The zero-order chi connectivity index (χ0) is 40.0. The van der Waals surface area contributed by atoms with Crippen LogP contribution in [0.5, 0.6) is 0 Å². The van der Waals surface area contributed by atoms with Crippen LogP contribution in [-0.2, 0) is 24.5 Å². The molecule has 1 N–H and O–H groups in total. The number of amides is 1. The molecule has 6 aliphatic rings. The van der Waals surface area contributed by atoms with E-state index < -0.39 is 22.8 Å². The normalized spacial score (nSPS) is 40.3. The van der Waals surface area contributed by atoms with Crippen molar-refractivity contribution in [1.29, 1.82) is 5.26 Å². The molecule has 1 heterocycles. The summed E-state index contributed by atoms with van der Waals surface area (Å²) in [5, 5.41) is 20.0. The Balaban J connectivity index is 1.13. The van der Waals surface area contributed by atoms with Crippen molar-refractivity contribution in [2.24, 2.45) is 62.1 Å². The molecule has 7 nitrogen and oxygen atoms in total. The van der Waals surface area contributed by atoms with Gasteiger partial charge < -0.3 is 14.7 Å². The van der Waals surface area contributed by atoms with Crippen LogP contribution in [0.25, 0.3) is 0 Å². The quantitative estimate of drug-likeness (QED) is 0.220. The molecule has 1 amide bonds. The molecule has 5 saturated carbocycles. The molecule has 0 bridgehead atoms. The number of esters is 1. The van der Waals surface area contributed by atoms with E-state index in [4.69, 9.17) is 4.74 Å². The van der Waals surface area contributed by atoms with Crippen LogP contribution in [-0.4, -0.2) is 47.0 Å². The number of nitriles is 1. The van der Waals surface area contributed by atoms with Crippen molar-refractivity contribution in [3.8, 4) is 6.07 Å². The first-order valence-electron chi connectivity index (χ1n) is 21.6. The van der Waals surface area contributed by atoms with Crippen LogP contribution in [0.15, 0.2) is 42.5 Å². The highest BCUT2D eigenvalue weighted by Crippen LogP contribution is 2.77. The maximum atomic E-state index is 15.2. The minimum absolute atomic E-state index is 0.0947. The van der Waals surface area contributed by atoms with Gasteiger partial charge in [-0.3, -0.25) is 14.4 Å². The molecule has 0 spiro atoms. The Labute approximate surface area is 331 Å². The van der Waals surface area contributed by atoms with Gasteiger partial charge in [-0.25, -0.2) is 0 Å². The first-order valence-corrected chi connectivity index (χ1v) is 21.6. The van der Waals surface area contributed by atoms with Gasteiger partial charge in [0.25, 0.3) is 0 Å². The summed E-state index contributed by atoms with van der Waals surface area (Å²) < 4.78 is 6.20. The number of carboxylic acid groups (broad SMARTS) is 1. The second-order valence-corrected chi connectivity index (χ2v) is 21.4. The molecule has 0 radical (unpaired) electrons. The topological polar surface area (TPSA) is 108 Å². The number of carboxylic acids is 1. The molecule has 7 rings (SSSR count). The smallest absolute Gasteiger partial charge is 0.309 e. The van der Waals surface area contributed by atoms with E-state index in [1.54, 1.807) is 13.8 Å². The van der Waals surface area contributed by atoms with E-state index in [2.05, 4.69) is 71.2 Å². The van der Waals surface area contributed by atoms with Crippen LogP contribution in [0.2, 0.25) is 0 Å². The third kappa shape index (κ3) is 5.87.